The van der Waals surface area contributed by atoms with Crippen LogP contribution >= 0.6 is 11.3 Å². The second-order valence-electron chi connectivity index (χ2n) is 5.09. The number of aromatic nitrogens is 3. The molecule has 2 heterocycles. The van der Waals surface area contributed by atoms with Crippen molar-refractivity contribution < 1.29 is 9.84 Å². The molecule has 0 atom stereocenters. The summed E-state index contributed by atoms with van der Waals surface area (Å²) < 4.78 is 6.95. The zero-order chi connectivity index (χ0) is 15.5. The molecule has 1 N–H and O–H groups in total. The van der Waals surface area contributed by atoms with Crippen LogP contribution in [0.5, 0.6) is 5.75 Å². The van der Waals surface area contributed by atoms with Crippen molar-refractivity contribution in [2.24, 2.45) is 0 Å². The first-order valence-corrected chi connectivity index (χ1v) is 8.21. The van der Waals surface area contributed by atoms with Gasteiger partial charge in [-0.2, -0.15) is 5.10 Å². The van der Waals surface area contributed by atoms with Gasteiger partial charge in [0.15, 0.2) is 0 Å². The smallest absolute Gasteiger partial charge is 0.213 e. The molecule has 0 amide bonds. The van der Waals surface area contributed by atoms with Crippen molar-refractivity contribution in [2.45, 2.75) is 32.8 Å². The van der Waals surface area contributed by atoms with Gasteiger partial charge < -0.3 is 9.84 Å². The summed E-state index contributed by atoms with van der Waals surface area (Å²) in [5, 5.41) is 15.4. The van der Waals surface area contributed by atoms with E-state index in [-0.39, 0.29) is 6.61 Å². The van der Waals surface area contributed by atoms with Gasteiger partial charge in [-0.3, -0.25) is 0 Å². The molecule has 6 heteroatoms. The predicted octanol–water partition coefficient (Wildman–Crippen LogP) is 3.30. The van der Waals surface area contributed by atoms with Crippen LogP contribution in [0.15, 0.2) is 24.3 Å². The van der Waals surface area contributed by atoms with E-state index in [9.17, 15) is 5.11 Å². The van der Waals surface area contributed by atoms with Gasteiger partial charge in [-0.05, 0) is 30.7 Å². The summed E-state index contributed by atoms with van der Waals surface area (Å²) in [6, 6.07) is 7.68. The summed E-state index contributed by atoms with van der Waals surface area (Å²) in [6.45, 7) is 2.08. The maximum atomic E-state index is 9.73. The van der Waals surface area contributed by atoms with E-state index in [1.54, 1.807) is 23.0 Å². The van der Waals surface area contributed by atoms with Crippen LogP contribution in [-0.4, -0.2) is 26.8 Å². The average molecular weight is 317 g/mol. The van der Waals surface area contributed by atoms with Crippen LogP contribution < -0.4 is 4.74 Å². The maximum absolute atomic E-state index is 9.73. The van der Waals surface area contributed by atoms with E-state index >= 15 is 0 Å². The lowest BCUT2D eigenvalue weighted by Gasteiger charge is -2.03. The summed E-state index contributed by atoms with van der Waals surface area (Å²) in [7, 11) is 1.64. The minimum atomic E-state index is -0.0838. The Morgan fingerprint density at radius 3 is 2.68 bits per heavy atom. The van der Waals surface area contributed by atoms with E-state index in [1.807, 2.05) is 24.3 Å². The zero-order valence-electron chi connectivity index (χ0n) is 12.7. The number of fused-ring (bicyclic) bond motifs is 1. The molecule has 1 aromatic carbocycles. The summed E-state index contributed by atoms with van der Waals surface area (Å²) in [6.07, 6.45) is 3.23. The van der Waals surface area contributed by atoms with Crippen LogP contribution in [0.25, 0.3) is 16.2 Å². The maximum Gasteiger partial charge on any atom is 0.213 e. The van der Waals surface area contributed by atoms with E-state index in [4.69, 9.17) is 4.74 Å². The number of imidazole rings is 1. The van der Waals surface area contributed by atoms with Crippen molar-refractivity contribution in [1.82, 2.24) is 14.6 Å². The minimum Gasteiger partial charge on any atom is -0.497 e. The summed E-state index contributed by atoms with van der Waals surface area (Å²) in [4.78, 5) is 5.49. The highest BCUT2D eigenvalue weighted by atomic mass is 32.1. The number of nitrogens with zero attached hydrogens (tertiary/aromatic N) is 3. The summed E-state index contributed by atoms with van der Waals surface area (Å²) in [5.74, 6) is 0.801. The van der Waals surface area contributed by atoms with Crippen LogP contribution in [-0.2, 0) is 13.0 Å². The third-order valence-corrected chi connectivity index (χ3v) is 4.56. The van der Waals surface area contributed by atoms with E-state index in [0.717, 1.165) is 51.9 Å². The van der Waals surface area contributed by atoms with Gasteiger partial charge in [-0.25, -0.2) is 9.50 Å². The molecule has 0 saturated heterocycles. The number of hydrogen-bond donors (Lipinski definition) is 1. The van der Waals surface area contributed by atoms with Crippen LogP contribution in [0.4, 0.5) is 0 Å². The predicted molar refractivity (Wildman–Crippen MR) is 87.4 cm³/mol. The molecule has 0 aliphatic rings. The quantitative estimate of drug-likeness (QED) is 0.758. The third kappa shape index (κ3) is 2.71. The van der Waals surface area contributed by atoms with Gasteiger partial charge in [-0.15, -0.1) is 0 Å². The summed E-state index contributed by atoms with van der Waals surface area (Å²) >= 11 is 1.59. The molecule has 22 heavy (non-hydrogen) atoms. The molecule has 2 aromatic heterocycles. The molecule has 5 nitrogen and oxygen atoms in total. The molecular weight excluding hydrogens is 298 g/mol. The lowest BCUT2D eigenvalue weighted by molar-refractivity contribution is 0.275. The normalized spacial score (nSPS) is 11.2. The first kappa shape index (κ1) is 15.0. The minimum absolute atomic E-state index is 0.0838. The van der Waals surface area contributed by atoms with Crippen LogP contribution in [0, 0.1) is 0 Å². The van der Waals surface area contributed by atoms with E-state index < -0.39 is 0 Å². The Hall–Kier alpha value is -1.92. The van der Waals surface area contributed by atoms with Gasteiger partial charge in [-0.1, -0.05) is 24.7 Å². The Bertz CT molecular complexity index is 762. The Morgan fingerprint density at radius 1 is 1.27 bits per heavy atom. The fourth-order valence-corrected chi connectivity index (χ4v) is 3.33. The number of hydrogen-bond acceptors (Lipinski definition) is 5. The third-order valence-electron chi connectivity index (χ3n) is 3.60. The SMILES string of the molecule is CCCCc1nn2c(CO)c(-c3ccc(OC)cc3)nc2s1. The van der Waals surface area contributed by atoms with Crippen molar-refractivity contribution >= 4 is 16.3 Å². The lowest BCUT2D eigenvalue weighted by atomic mass is 10.1. The molecule has 0 aliphatic heterocycles. The molecule has 116 valence electrons. The molecular formula is C16H19N3O2S. The van der Waals surface area contributed by atoms with Crippen molar-refractivity contribution in [3.63, 3.8) is 0 Å². The van der Waals surface area contributed by atoms with Crippen molar-refractivity contribution in [1.29, 1.82) is 0 Å². The van der Waals surface area contributed by atoms with Gasteiger partial charge >= 0.3 is 0 Å². The van der Waals surface area contributed by atoms with Crippen LogP contribution in [0.2, 0.25) is 0 Å². The van der Waals surface area contributed by atoms with Gasteiger partial charge in [0, 0.05) is 12.0 Å². The fourth-order valence-electron chi connectivity index (χ4n) is 2.38. The molecule has 0 saturated carbocycles. The Labute approximate surface area is 133 Å². The molecule has 0 spiro atoms. The highest BCUT2D eigenvalue weighted by Crippen LogP contribution is 2.28. The fraction of sp³-hybridized carbons (Fsp3) is 0.375. The molecule has 0 aliphatic carbocycles. The second-order valence-corrected chi connectivity index (χ2v) is 6.13. The average Bonchev–Trinajstić information content (AvgIpc) is 3.09. The number of unbranched alkanes of at least 4 members (excludes halogenated alkanes) is 1. The molecule has 0 bridgehead atoms. The lowest BCUT2D eigenvalue weighted by Crippen LogP contribution is -1.97. The monoisotopic (exact) mass is 317 g/mol. The van der Waals surface area contributed by atoms with E-state index in [0.29, 0.717) is 0 Å². The first-order chi connectivity index (χ1) is 10.8. The van der Waals surface area contributed by atoms with Crippen LogP contribution in [0.1, 0.15) is 30.5 Å². The molecule has 0 radical (unpaired) electrons. The van der Waals surface area contributed by atoms with Crippen LogP contribution in [0.3, 0.4) is 0 Å². The highest BCUT2D eigenvalue weighted by Gasteiger charge is 2.17. The first-order valence-electron chi connectivity index (χ1n) is 7.39. The van der Waals surface area contributed by atoms with Gasteiger partial charge in [0.05, 0.1) is 25.1 Å². The summed E-state index contributed by atoms with van der Waals surface area (Å²) in [5.41, 5.74) is 2.47. The molecule has 0 unspecified atom stereocenters. The van der Waals surface area contributed by atoms with Crippen molar-refractivity contribution in [3.8, 4) is 17.0 Å². The number of rotatable bonds is 6. The largest absolute Gasteiger partial charge is 0.497 e. The van der Waals surface area contributed by atoms with Gasteiger partial charge in [0.2, 0.25) is 4.96 Å². The van der Waals surface area contributed by atoms with Crippen molar-refractivity contribution in [3.05, 3.63) is 35.0 Å². The second kappa shape index (κ2) is 6.46. The van der Waals surface area contributed by atoms with E-state index in [1.165, 1.54) is 0 Å². The Balaban J connectivity index is 2.00. The Morgan fingerprint density at radius 2 is 2.05 bits per heavy atom. The van der Waals surface area contributed by atoms with Crippen molar-refractivity contribution in [2.75, 3.05) is 7.11 Å². The number of ether oxygens (including phenoxy) is 1. The number of aliphatic hydroxyl groups excluding tert-OH is 1. The number of aliphatic hydroxyl groups is 1. The van der Waals surface area contributed by atoms with Gasteiger partial charge in [0.1, 0.15) is 10.8 Å². The molecule has 3 aromatic rings. The number of methoxy groups -OCH3 is 1. The Kier molecular flexibility index (Phi) is 4.40. The standard InChI is InChI=1S/C16H19N3O2S/c1-3-4-5-14-18-19-13(10-20)15(17-16(19)22-14)11-6-8-12(21-2)9-7-11/h6-9,20H,3-5,10H2,1-2H3. The molecule has 0 fully saturated rings. The number of aryl methyl sites for hydroxylation is 1. The highest BCUT2D eigenvalue weighted by molar-refractivity contribution is 7.16. The molecule has 3 rings (SSSR count). The topological polar surface area (TPSA) is 59.7 Å². The van der Waals surface area contributed by atoms with Gasteiger partial charge in [0.25, 0.3) is 0 Å². The zero-order valence-corrected chi connectivity index (χ0v) is 13.6. The van der Waals surface area contributed by atoms with E-state index in [2.05, 4.69) is 17.0 Å². The number of benzene rings is 1.